The van der Waals surface area contributed by atoms with E-state index in [1.54, 1.807) is 7.05 Å². The van der Waals surface area contributed by atoms with E-state index in [1.807, 2.05) is 0 Å². The minimum atomic E-state index is -2.95. The number of rotatable bonds is 5. The van der Waals surface area contributed by atoms with Crippen molar-refractivity contribution >= 4 is 27.2 Å². The topological polar surface area (TPSA) is 114 Å². The van der Waals surface area contributed by atoms with Crippen LogP contribution in [0.15, 0.2) is 12.1 Å². The van der Waals surface area contributed by atoms with E-state index in [0.29, 0.717) is 18.8 Å². The molecule has 1 atom stereocenters. The first kappa shape index (κ1) is 14.5. The lowest BCUT2D eigenvalue weighted by atomic mass is 10.1. The molecule has 0 spiro atoms. The Bertz CT molecular complexity index is 617. The van der Waals surface area contributed by atoms with Gasteiger partial charge < -0.3 is 10.6 Å². The number of anilines is 2. The minimum Gasteiger partial charge on any atom is -0.373 e. The predicted molar refractivity (Wildman–Crippen MR) is 75.7 cm³/mol. The van der Waals surface area contributed by atoms with Crippen LogP contribution in [0, 0.1) is 16.0 Å². The molecule has 0 aromatic carbocycles. The summed E-state index contributed by atoms with van der Waals surface area (Å²) in [6.45, 7) is 0.361. The summed E-state index contributed by atoms with van der Waals surface area (Å²) in [5, 5.41) is 16.6. The highest BCUT2D eigenvalue weighted by Crippen LogP contribution is 2.25. The third-order valence-electron chi connectivity index (χ3n) is 3.21. The summed E-state index contributed by atoms with van der Waals surface area (Å²) in [6.07, 6.45) is 0.578. The molecule has 8 nitrogen and oxygen atoms in total. The van der Waals surface area contributed by atoms with Gasteiger partial charge in [0.15, 0.2) is 9.84 Å². The number of aromatic nitrogens is 1. The molecule has 1 aromatic heterocycles. The van der Waals surface area contributed by atoms with Crippen molar-refractivity contribution in [3.05, 3.63) is 22.2 Å². The maximum absolute atomic E-state index is 11.4. The summed E-state index contributed by atoms with van der Waals surface area (Å²) in [7, 11) is -1.28. The van der Waals surface area contributed by atoms with Gasteiger partial charge in [0.25, 0.3) is 0 Å². The van der Waals surface area contributed by atoms with Crippen molar-refractivity contribution in [2.75, 3.05) is 35.7 Å². The van der Waals surface area contributed by atoms with Gasteiger partial charge in [-0.15, -0.1) is 0 Å². The summed E-state index contributed by atoms with van der Waals surface area (Å²) in [5.74, 6) is 0.952. The summed E-state index contributed by atoms with van der Waals surface area (Å²) in [5.41, 5.74) is -0.121. The van der Waals surface area contributed by atoms with Crippen LogP contribution < -0.4 is 10.6 Å². The Hall–Kier alpha value is -1.90. The number of nitrogens with zero attached hydrogens (tertiary/aromatic N) is 2. The van der Waals surface area contributed by atoms with Crippen molar-refractivity contribution < 1.29 is 13.3 Å². The van der Waals surface area contributed by atoms with Crippen LogP contribution in [0.5, 0.6) is 0 Å². The fraction of sp³-hybridized carbons (Fsp3) is 0.545. The van der Waals surface area contributed by atoms with Gasteiger partial charge in [-0.1, -0.05) is 0 Å². The second-order valence-electron chi connectivity index (χ2n) is 4.72. The van der Waals surface area contributed by atoms with Crippen LogP contribution in [0.1, 0.15) is 6.42 Å². The zero-order valence-corrected chi connectivity index (χ0v) is 11.8. The lowest BCUT2D eigenvalue weighted by Gasteiger charge is -2.11. The average Bonchev–Trinajstić information content (AvgIpc) is 2.75. The molecule has 1 aromatic rings. The molecule has 0 saturated carbocycles. The molecular formula is C11H16N4O4S. The van der Waals surface area contributed by atoms with Crippen molar-refractivity contribution in [3.63, 3.8) is 0 Å². The standard InChI is InChI=1S/C11H16N4O4S/c1-12-10-3-2-9(15(16)17)11(14-10)13-6-8-4-5-20(18,19)7-8/h2-3,8H,4-7H2,1H3,(H2,12,13,14). The second-order valence-corrected chi connectivity index (χ2v) is 6.95. The molecule has 1 fully saturated rings. The largest absolute Gasteiger partial charge is 0.373 e. The summed E-state index contributed by atoms with van der Waals surface area (Å²) < 4.78 is 22.7. The lowest BCUT2D eigenvalue weighted by Crippen LogP contribution is -2.17. The number of nitrogens with one attached hydrogen (secondary N) is 2. The van der Waals surface area contributed by atoms with Crippen LogP contribution in [0.25, 0.3) is 0 Å². The van der Waals surface area contributed by atoms with Crippen molar-refractivity contribution in [2.24, 2.45) is 5.92 Å². The van der Waals surface area contributed by atoms with Crippen molar-refractivity contribution in [1.82, 2.24) is 4.98 Å². The van der Waals surface area contributed by atoms with Crippen LogP contribution >= 0.6 is 0 Å². The summed E-state index contributed by atoms with van der Waals surface area (Å²) >= 11 is 0. The lowest BCUT2D eigenvalue weighted by molar-refractivity contribution is -0.384. The smallest absolute Gasteiger partial charge is 0.311 e. The molecule has 2 rings (SSSR count). The highest BCUT2D eigenvalue weighted by Gasteiger charge is 2.28. The van der Waals surface area contributed by atoms with Gasteiger partial charge in [0.1, 0.15) is 5.82 Å². The van der Waals surface area contributed by atoms with Gasteiger partial charge in [0.05, 0.1) is 16.4 Å². The molecule has 0 amide bonds. The van der Waals surface area contributed by atoms with Crippen LogP contribution in [-0.4, -0.2) is 43.4 Å². The Morgan fingerprint density at radius 1 is 1.50 bits per heavy atom. The first-order valence-corrected chi connectivity index (χ1v) is 8.01. The van der Waals surface area contributed by atoms with Gasteiger partial charge in [-0.25, -0.2) is 13.4 Å². The first-order valence-electron chi connectivity index (χ1n) is 6.19. The second kappa shape index (κ2) is 5.61. The quantitative estimate of drug-likeness (QED) is 0.612. The van der Waals surface area contributed by atoms with E-state index >= 15 is 0 Å². The number of hydrogen-bond donors (Lipinski definition) is 2. The molecule has 9 heteroatoms. The maximum Gasteiger partial charge on any atom is 0.311 e. The molecule has 1 aliphatic heterocycles. The van der Waals surface area contributed by atoms with E-state index in [9.17, 15) is 18.5 Å². The van der Waals surface area contributed by atoms with Gasteiger partial charge in [0, 0.05) is 19.7 Å². The summed E-state index contributed by atoms with van der Waals surface area (Å²) in [6, 6.07) is 2.88. The number of hydrogen-bond acceptors (Lipinski definition) is 7. The fourth-order valence-corrected chi connectivity index (χ4v) is 4.00. The molecule has 2 N–H and O–H groups in total. The SMILES string of the molecule is CNc1ccc([N+](=O)[O-])c(NCC2CCS(=O)(=O)C2)n1. The van der Waals surface area contributed by atoms with Gasteiger partial charge in [-0.3, -0.25) is 10.1 Å². The van der Waals surface area contributed by atoms with Crippen molar-refractivity contribution in [2.45, 2.75) is 6.42 Å². The first-order chi connectivity index (χ1) is 9.41. The van der Waals surface area contributed by atoms with Gasteiger partial charge in [-0.05, 0) is 18.4 Å². The predicted octanol–water partition coefficient (Wildman–Crippen LogP) is 0.878. The molecule has 1 unspecified atom stereocenters. The Labute approximate surface area is 116 Å². The van der Waals surface area contributed by atoms with E-state index in [4.69, 9.17) is 0 Å². The molecule has 0 aliphatic carbocycles. The third kappa shape index (κ3) is 3.35. The zero-order valence-electron chi connectivity index (χ0n) is 11.0. The molecule has 0 bridgehead atoms. The zero-order chi connectivity index (χ0) is 14.8. The number of sulfone groups is 1. The Morgan fingerprint density at radius 2 is 2.25 bits per heavy atom. The van der Waals surface area contributed by atoms with Crippen molar-refractivity contribution in [3.8, 4) is 0 Å². The summed E-state index contributed by atoms with van der Waals surface area (Å²) in [4.78, 5) is 14.5. The molecular weight excluding hydrogens is 284 g/mol. The van der Waals surface area contributed by atoms with Crippen LogP contribution in [0.4, 0.5) is 17.3 Å². The molecule has 20 heavy (non-hydrogen) atoms. The van der Waals surface area contributed by atoms with Crippen LogP contribution in [0.2, 0.25) is 0 Å². The van der Waals surface area contributed by atoms with Crippen molar-refractivity contribution in [1.29, 1.82) is 0 Å². The average molecular weight is 300 g/mol. The van der Waals surface area contributed by atoms with Gasteiger partial charge in [0.2, 0.25) is 5.82 Å². The van der Waals surface area contributed by atoms with E-state index in [-0.39, 0.29) is 28.9 Å². The Morgan fingerprint density at radius 3 is 2.80 bits per heavy atom. The monoisotopic (exact) mass is 300 g/mol. The maximum atomic E-state index is 11.4. The van der Waals surface area contributed by atoms with Gasteiger partial charge >= 0.3 is 5.69 Å². The van der Waals surface area contributed by atoms with E-state index in [0.717, 1.165) is 0 Å². The Balaban J connectivity index is 2.10. The molecule has 1 saturated heterocycles. The van der Waals surface area contributed by atoms with Crippen LogP contribution in [-0.2, 0) is 9.84 Å². The molecule has 110 valence electrons. The highest BCUT2D eigenvalue weighted by atomic mass is 32.2. The molecule has 0 radical (unpaired) electrons. The normalized spacial score (nSPS) is 20.6. The Kier molecular flexibility index (Phi) is 4.07. The minimum absolute atomic E-state index is 0.0281. The van der Waals surface area contributed by atoms with Crippen LogP contribution in [0.3, 0.4) is 0 Å². The highest BCUT2D eigenvalue weighted by molar-refractivity contribution is 7.91. The third-order valence-corrected chi connectivity index (χ3v) is 5.05. The van der Waals surface area contributed by atoms with E-state index in [2.05, 4.69) is 15.6 Å². The number of nitro groups is 1. The van der Waals surface area contributed by atoms with E-state index < -0.39 is 14.8 Å². The fourth-order valence-electron chi connectivity index (χ4n) is 2.14. The molecule has 2 heterocycles. The molecule has 1 aliphatic rings. The van der Waals surface area contributed by atoms with E-state index in [1.165, 1.54) is 12.1 Å². The van der Waals surface area contributed by atoms with Gasteiger partial charge in [-0.2, -0.15) is 0 Å². The number of pyridine rings is 1.